The van der Waals surface area contributed by atoms with Crippen LogP contribution in [0.3, 0.4) is 0 Å². The smallest absolute Gasteiger partial charge is 0.0702 e. The van der Waals surface area contributed by atoms with Crippen LogP contribution in [0.25, 0.3) is 11.3 Å². The average molecular weight is 198 g/mol. The van der Waals surface area contributed by atoms with E-state index in [1.807, 2.05) is 31.3 Å². The maximum absolute atomic E-state index is 5.60. The molecule has 15 heavy (non-hydrogen) atoms. The third-order valence-corrected chi connectivity index (χ3v) is 2.37. The number of nitrogens with two attached hydrogens (primary N) is 1. The highest BCUT2D eigenvalue weighted by atomic mass is 14.7. The topological polar surface area (TPSA) is 38.9 Å². The van der Waals surface area contributed by atoms with Gasteiger partial charge < -0.3 is 5.73 Å². The minimum atomic E-state index is 0.569. The Morgan fingerprint density at radius 1 is 1.20 bits per heavy atom. The Kier molecular flexibility index (Phi) is 2.79. The fourth-order valence-corrected chi connectivity index (χ4v) is 1.50. The fourth-order valence-electron chi connectivity index (χ4n) is 1.50. The third-order valence-electron chi connectivity index (χ3n) is 2.37. The molecular formula is C13H14N2. The summed E-state index contributed by atoms with van der Waals surface area (Å²) in [6, 6.07) is 12.3. The molecule has 0 atom stereocenters. The lowest BCUT2D eigenvalue weighted by Gasteiger charge is -2.03. The average Bonchev–Trinajstić information content (AvgIpc) is 2.30. The Bertz CT molecular complexity index is 446. The van der Waals surface area contributed by atoms with Gasteiger partial charge in [-0.25, -0.2) is 0 Å². The molecule has 0 saturated heterocycles. The summed E-state index contributed by atoms with van der Waals surface area (Å²) in [5, 5.41) is 0. The van der Waals surface area contributed by atoms with Gasteiger partial charge in [-0.2, -0.15) is 0 Å². The molecule has 0 fully saturated rings. The van der Waals surface area contributed by atoms with Crippen LogP contribution in [0.1, 0.15) is 11.1 Å². The molecule has 76 valence electrons. The Balaban J connectivity index is 2.40. The highest BCUT2D eigenvalue weighted by Crippen LogP contribution is 2.18. The predicted molar refractivity (Wildman–Crippen MR) is 62.3 cm³/mol. The van der Waals surface area contributed by atoms with Crippen molar-refractivity contribution in [2.24, 2.45) is 5.73 Å². The lowest BCUT2D eigenvalue weighted by molar-refractivity contribution is 1.07. The van der Waals surface area contributed by atoms with Crippen molar-refractivity contribution in [2.75, 3.05) is 0 Å². The van der Waals surface area contributed by atoms with Gasteiger partial charge in [0.1, 0.15) is 0 Å². The Morgan fingerprint density at radius 2 is 2.07 bits per heavy atom. The molecule has 2 aromatic rings. The fraction of sp³-hybridized carbons (Fsp3) is 0.154. The van der Waals surface area contributed by atoms with Gasteiger partial charge in [0.15, 0.2) is 0 Å². The monoisotopic (exact) mass is 198 g/mol. The Morgan fingerprint density at radius 3 is 2.73 bits per heavy atom. The van der Waals surface area contributed by atoms with E-state index in [9.17, 15) is 0 Å². The minimum Gasteiger partial charge on any atom is -0.326 e. The van der Waals surface area contributed by atoms with Gasteiger partial charge in [0.25, 0.3) is 0 Å². The van der Waals surface area contributed by atoms with Crippen LogP contribution < -0.4 is 5.73 Å². The van der Waals surface area contributed by atoms with E-state index >= 15 is 0 Å². The number of nitrogens with zero attached hydrogens (tertiary/aromatic N) is 1. The maximum atomic E-state index is 5.60. The van der Waals surface area contributed by atoms with Crippen LogP contribution >= 0.6 is 0 Å². The lowest BCUT2D eigenvalue weighted by Crippen LogP contribution is -1.96. The van der Waals surface area contributed by atoms with Crippen molar-refractivity contribution in [3.05, 3.63) is 53.7 Å². The van der Waals surface area contributed by atoms with Gasteiger partial charge in [0.05, 0.1) is 5.69 Å². The first-order chi connectivity index (χ1) is 7.29. The van der Waals surface area contributed by atoms with Gasteiger partial charge in [0, 0.05) is 18.3 Å². The molecule has 2 rings (SSSR count). The Hall–Kier alpha value is -1.67. The molecule has 0 bridgehead atoms. The molecule has 0 unspecified atom stereocenters. The van der Waals surface area contributed by atoms with Gasteiger partial charge in [-0.1, -0.05) is 24.3 Å². The zero-order valence-electron chi connectivity index (χ0n) is 8.77. The minimum absolute atomic E-state index is 0.569. The van der Waals surface area contributed by atoms with Gasteiger partial charge in [-0.3, -0.25) is 4.98 Å². The van der Waals surface area contributed by atoms with Crippen LogP contribution in [0.2, 0.25) is 0 Å². The molecule has 0 aliphatic carbocycles. The van der Waals surface area contributed by atoms with Crippen molar-refractivity contribution in [2.45, 2.75) is 13.5 Å². The maximum Gasteiger partial charge on any atom is 0.0702 e. The summed E-state index contributed by atoms with van der Waals surface area (Å²) in [4.78, 5) is 4.38. The molecule has 0 spiro atoms. The molecule has 0 radical (unpaired) electrons. The first kappa shape index (κ1) is 9.87. The second kappa shape index (κ2) is 4.24. The number of hydrogen-bond donors (Lipinski definition) is 1. The first-order valence-corrected chi connectivity index (χ1v) is 5.01. The molecule has 2 N–H and O–H groups in total. The molecule has 1 heterocycles. The van der Waals surface area contributed by atoms with E-state index in [2.05, 4.69) is 23.2 Å². The zero-order chi connectivity index (χ0) is 10.7. The van der Waals surface area contributed by atoms with Gasteiger partial charge >= 0.3 is 0 Å². The van der Waals surface area contributed by atoms with Crippen molar-refractivity contribution in [1.29, 1.82) is 0 Å². The first-order valence-electron chi connectivity index (χ1n) is 5.01. The van der Waals surface area contributed by atoms with Crippen molar-refractivity contribution >= 4 is 0 Å². The van der Waals surface area contributed by atoms with E-state index in [4.69, 9.17) is 5.73 Å². The third kappa shape index (κ3) is 2.22. The van der Waals surface area contributed by atoms with Gasteiger partial charge in [-0.15, -0.1) is 0 Å². The molecule has 0 aliphatic rings. The van der Waals surface area contributed by atoms with E-state index in [0.29, 0.717) is 6.54 Å². The van der Waals surface area contributed by atoms with E-state index in [-0.39, 0.29) is 0 Å². The van der Waals surface area contributed by atoms with Crippen LogP contribution in [-0.2, 0) is 6.54 Å². The number of hydrogen-bond acceptors (Lipinski definition) is 2. The van der Waals surface area contributed by atoms with Crippen molar-refractivity contribution in [1.82, 2.24) is 4.98 Å². The van der Waals surface area contributed by atoms with E-state index < -0.39 is 0 Å². The summed E-state index contributed by atoms with van der Waals surface area (Å²) in [5.74, 6) is 0. The largest absolute Gasteiger partial charge is 0.326 e. The van der Waals surface area contributed by atoms with Crippen molar-refractivity contribution in [3.63, 3.8) is 0 Å². The normalized spacial score (nSPS) is 10.3. The summed E-state index contributed by atoms with van der Waals surface area (Å²) in [7, 11) is 0. The molecule has 0 saturated carbocycles. The van der Waals surface area contributed by atoms with Crippen LogP contribution in [0.5, 0.6) is 0 Å². The quantitative estimate of drug-likeness (QED) is 0.805. The SMILES string of the molecule is Cc1ccc(-c2cccc(CN)c2)nc1. The molecule has 0 aliphatic heterocycles. The summed E-state index contributed by atoms with van der Waals surface area (Å²) in [6.45, 7) is 2.60. The van der Waals surface area contributed by atoms with Crippen LogP contribution in [-0.4, -0.2) is 4.98 Å². The van der Waals surface area contributed by atoms with E-state index in [0.717, 1.165) is 16.8 Å². The molecular weight excluding hydrogens is 184 g/mol. The van der Waals surface area contributed by atoms with Crippen LogP contribution in [0.15, 0.2) is 42.6 Å². The number of rotatable bonds is 2. The van der Waals surface area contributed by atoms with E-state index in [1.165, 1.54) is 5.56 Å². The van der Waals surface area contributed by atoms with Crippen molar-refractivity contribution < 1.29 is 0 Å². The second-order valence-electron chi connectivity index (χ2n) is 3.63. The molecule has 1 aromatic heterocycles. The number of aryl methyl sites for hydroxylation is 1. The van der Waals surface area contributed by atoms with Crippen LogP contribution in [0, 0.1) is 6.92 Å². The number of aromatic nitrogens is 1. The highest BCUT2D eigenvalue weighted by molar-refractivity contribution is 5.59. The van der Waals surface area contributed by atoms with Crippen molar-refractivity contribution in [3.8, 4) is 11.3 Å². The summed E-state index contributed by atoms with van der Waals surface area (Å²) in [6.07, 6.45) is 1.88. The highest BCUT2D eigenvalue weighted by Gasteiger charge is 1.99. The number of pyridine rings is 1. The zero-order valence-corrected chi connectivity index (χ0v) is 8.77. The summed E-state index contributed by atoms with van der Waals surface area (Å²) >= 11 is 0. The van der Waals surface area contributed by atoms with Crippen LogP contribution in [0.4, 0.5) is 0 Å². The Labute approximate surface area is 89.8 Å². The lowest BCUT2D eigenvalue weighted by atomic mass is 10.1. The molecule has 1 aromatic carbocycles. The van der Waals surface area contributed by atoms with Gasteiger partial charge in [-0.05, 0) is 30.2 Å². The standard InChI is InChI=1S/C13H14N2/c1-10-5-6-13(15-9-10)12-4-2-3-11(7-12)8-14/h2-7,9H,8,14H2,1H3. The molecule has 2 nitrogen and oxygen atoms in total. The molecule has 2 heteroatoms. The predicted octanol–water partition coefficient (Wildman–Crippen LogP) is 2.52. The second-order valence-corrected chi connectivity index (χ2v) is 3.63. The summed E-state index contributed by atoms with van der Waals surface area (Å²) in [5.41, 5.74) is 10.0. The summed E-state index contributed by atoms with van der Waals surface area (Å²) < 4.78 is 0. The van der Waals surface area contributed by atoms with Gasteiger partial charge in [0.2, 0.25) is 0 Å². The molecule has 0 amide bonds. The van der Waals surface area contributed by atoms with E-state index in [1.54, 1.807) is 0 Å². The number of benzene rings is 1.